The lowest BCUT2D eigenvalue weighted by Gasteiger charge is -2.32. The SMILES string of the molecule is Cc1cccc(C2(C(O)(O)C(=O)C(O)(O)O)CC2)c1. The summed E-state index contributed by atoms with van der Waals surface area (Å²) in [5.41, 5.74) is 0.0700. The monoisotopic (exact) mass is 268 g/mol. The summed E-state index contributed by atoms with van der Waals surface area (Å²) in [7, 11) is 0. The van der Waals surface area contributed by atoms with Gasteiger partial charge < -0.3 is 25.5 Å². The summed E-state index contributed by atoms with van der Waals surface area (Å²) in [5.74, 6) is -8.67. The van der Waals surface area contributed by atoms with Gasteiger partial charge in [-0.1, -0.05) is 29.8 Å². The molecule has 0 atom stereocenters. The number of ketones is 1. The number of aliphatic hydroxyl groups is 5. The van der Waals surface area contributed by atoms with Crippen molar-refractivity contribution in [3.63, 3.8) is 0 Å². The maximum Gasteiger partial charge on any atom is 0.344 e. The summed E-state index contributed by atoms with van der Waals surface area (Å²) in [6.45, 7) is 1.81. The molecule has 104 valence electrons. The first-order valence-electron chi connectivity index (χ1n) is 5.85. The lowest BCUT2D eigenvalue weighted by atomic mass is 9.83. The van der Waals surface area contributed by atoms with Crippen molar-refractivity contribution in [2.24, 2.45) is 0 Å². The number of Topliss-reactive ketones (excluding diaryl/α,β-unsaturated/α-hetero) is 1. The van der Waals surface area contributed by atoms with E-state index < -0.39 is 23.0 Å². The van der Waals surface area contributed by atoms with Crippen molar-refractivity contribution >= 4 is 5.78 Å². The standard InChI is InChI=1S/C13H16O6/c1-8-3-2-4-9(7-8)11(5-6-11)12(15,16)10(14)13(17,18)19/h2-4,7,15-19H,5-6H2,1H3. The topological polar surface area (TPSA) is 118 Å². The predicted octanol–water partition coefficient (Wildman–Crippen LogP) is -1.09. The molecule has 1 fully saturated rings. The van der Waals surface area contributed by atoms with Crippen LogP contribution in [0.4, 0.5) is 0 Å². The van der Waals surface area contributed by atoms with E-state index in [-0.39, 0.29) is 0 Å². The molecule has 1 aromatic rings. The Morgan fingerprint density at radius 1 is 1.16 bits per heavy atom. The van der Waals surface area contributed by atoms with Gasteiger partial charge in [0.2, 0.25) is 5.79 Å². The van der Waals surface area contributed by atoms with E-state index in [1.807, 2.05) is 13.0 Å². The molecule has 1 aliphatic carbocycles. The lowest BCUT2D eigenvalue weighted by Crippen LogP contribution is -2.59. The van der Waals surface area contributed by atoms with Crippen LogP contribution >= 0.6 is 0 Å². The highest BCUT2D eigenvalue weighted by Crippen LogP contribution is 2.55. The van der Waals surface area contributed by atoms with Gasteiger partial charge in [0, 0.05) is 0 Å². The molecular weight excluding hydrogens is 252 g/mol. The Morgan fingerprint density at radius 2 is 1.74 bits per heavy atom. The zero-order valence-electron chi connectivity index (χ0n) is 10.4. The molecule has 1 aromatic carbocycles. The Hall–Kier alpha value is -1.31. The Labute approximate surface area is 109 Å². The molecule has 19 heavy (non-hydrogen) atoms. The highest BCUT2D eigenvalue weighted by atomic mass is 16.7. The maximum absolute atomic E-state index is 11.6. The summed E-state index contributed by atoms with van der Waals surface area (Å²) in [4.78, 5) is 11.6. The molecule has 0 amide bonds. The second-order valence-corrected chi connectivity index (χ2v) is 5.09. The highest BCUT2D eigenvalue weighted by Gasteiger charge is 2.66. The number of hydrogen-bond acceptors (Lipinski definition) is 6. The van der Waals surface area contributed by atoms with Crippen LogP contribution in [0.1, 0.15) is 24.0 Å². The van der Waals surface area contributed by atoms with Gasteiger partial charge in [-0.2, -0.15) is 0 Å². The average Bonchev–Trinajstić information content (AvgIpc) is 3.08. The molecule has 2 rings (SSSR count). The van der Waals surface area contributed by atoms with E-state index in [2.05, 4.69) is 0 Å². The third kappa shape index (κ3) is 2.18. The highest BCUT2D eigenvalue weighted by molar-refractivity contribution is 5.92. The molecule has 0 radical (unpaired) electrons. The maximum atomic E-state index is 11.6. The van der Waals surface area contributed by atoms with Crippen LogP contribution in [0.2, 0.25) is 0 Å². The minimum atomic E-state index is -3.77. The van der Waals surface area contributed by atoms with E-state index in [9.17, 15) is 15.0 Å². The van der Waals surface area contributed by atoms with Crippen molar-refractivity contribution in [3.8, 4) is 0 Å². The van der Waals surface area contributed by atoms with Gasteiger partial charge >= 0.3 is 5.97 Å². The van der Waals surface area contributed by atoms with Gasteiger partial charge in [0.15, 0.2) is 0 Å². The summed E-state index contributed by atoms with van der Waals surface area (Å²) in [6, 6.07) is 6.83. The Bertz CT molecular complexity index is 510. The van der Waals surface area contributed by atoms with Gasteiger partial charge in [0.05, 0.1) is 5.41 Å². The average molecular weight is 268 g/mol. The quantitative estimate of drug-likeness (QED) is 0.443. The fraction of sp³-hybridized carbons (Fsp3) is 0.462. The van der Waals surface area contributed by atoms with Crippen LogP contribution in [0.25, 0.3) is 0 Å². The van der Waals surface area contributed by atoms with Gasteiger partial charge in [-0.25, -0.2) is 0 Å². The van der Waals surface area contributed by atoms with E-state index in [4.69, 9.17) is 15.3 Å². The third-order valence-corrected chi connectivity index (χ3v) is 3.61. The first-order chi connectivity index (χ1) is 8.61. The van der Waals surface area contributed by atoms with Gasteiger partial charge in [-0.3, -0.25) is 4.79 Å². The van der Waals surface area contributed by atoms with Crippen molar-refractivity contribution < 1.29 is 30.3 Å². The summed E-state index contributed by atoms with van der Waals surface area (Å²) < 4.78 is 0. The van der Waals surface area contributed by atoms with Crippen molar-refractivity contribution in [2.75, 3.05) is 0 Å². The van der Waals surface area contributed by atoms with E-state index in [1.54, 1.807) is 18.2 Å². The number of benzene rings is 1. The van der Waals surface area contributed by atoms with Gasteiger partial charge in [0.1, 0.15) is 0 Å². The Morgan fingerprint density at radius 3 is 2.16 bits per heavy atom. The van der Waals surface area contributed by atoms with Crippen molar-refractivity contribution in [3.05, 3.63) is 35.4 Å². The van der Waals surface area contributed by atoms with Gasteiger partial charge in [-0.05, 0) is 25.3 Å². The molecule has 0 unspecified atom stereocenters. The first-order valence-corrected chi connectivity index (χ1v) is 5.85. The fourth-order valence-corrected chi connectivity index (χ4v) is 2.36. The molecule has 6 nitrogen and oxygen atoms in total. The molecule has 0 saturated heterocycles. The van der Waals surface area contributed by atoms with Crippen LogP contribution in [0.15, 0.2) is 24.3 Å². The van der Waals surface area contributed by atoms with Crippen LogP contribution in [-0.4, -0.2) is 43.1 Å². The molecule has 0 spiro atoms. The van der Waals surface area contributed by atoms with Crippen molar-refractivity contribution in [1.82, 2.24) is 0 Å². The van der Waals surface area contributed by atoms with Crippen LogP contribution in [0.5, 0.6) is 0 Å². The number of hydrogen-bond donors (Lipinski definition) is 5. The molecule has 0 heterocycles. The van der Waals surface area contributed by atoms with Crippen LogP contribution < -0.4 is 0 Å². The van der Waals surface area contributed by atoms with Gasteiger partial charge in [0.25, 0.3) is 5.78 Å². The van der Waals surface area contributed by atoms with Crippen molar-refractivity contribution in [2.45, 2.75) is 36.9 Å². The second kappa shape index (κ2) is 4.09. The van der Waals surface area contributed by atoms with Crippen LogP contribution in [0.3, 0.4) is 0 Å². The number of carbonyl (C=O) groups is 1. The van der Waals surface area contributed by atoms with E-state index in [1.165, 1.54) is 0 Å². The van der Waals surface area contributed by atoms with Crippen LogP contribution in [0, 0.1) is 6.92 Å². The first kappa shape index (κ1) is 14.1. The largest absolute Gasteiger partial charge is 0.359 e. The molecule has 6 heteroatoms. The minimum absolute atomic E-state index is 0.297. The molecule has 1 aliphatic rings. The second-order valence-electron chi connectivity index (χ2n) is 5.09. The third-order valence-electron chi connectivity index (χ3n) is 3.61. The summed E-state index contributed by atoms with van der Waals surface area (Å²) >= 11 is 0. The van der Waals surface area contributed by atoms with E-state index in [0.717, 1.165) is 5.56 Å². The zero-order valence-corrected chi connectivity index (χ0v) is 10.4. The normalized spacial score (nSPS) is 18.2. The molecule has 0 aromatic heterocycles. The number of carbonyl (C=O) groups excluding carboxylic acids is 1. The Balaban J connectivity index is 2.43. The molecule has 1 saturated carbocycles. The lowest BCUT2D eigenvalue weighted by molar-refractivity contribution is -0.312. The molecule has 0 aliphatic heterocycles. The van der Waals surface area contributed by atoms with Crippen LogP contribution in [-0.2, 0) is 10.2 Å². The van der Waals surface area contributed by atoms with E-state index >= 15 is 0 Å². The fourth-order valence-electron chi connectivity index (χ4n) is 2.36. The van der Waals surface area contributed by atoms with Gasteiger partial charge in [-0.15, -0.1) is 0 Å². The predicted molar refractivity (Wildman–Crippen MR) is 63.7 cm³/mol. The van der Waals surface area contributed by atoms with Crippen molar-refractivity contribution in [1.29, 1.82) is 0 Å². The van der Waals surface area contributed by atoms with E-state index in [0.29, 0.717) is 18.4 Å². The number of rotatable bonds is 4. The molecule has 5 N–H and O–H groups in total. The smallest absolute Gasteiger partial charge is 0.344 e. The minimum Gasteiger partial charge on any atom is -0.359 e. The molecule has 0 bridgehead atoms. The molecular formula is C13H16O6. The summed E-state index contributed by atoms with van der Waals surface area (Å²) in [6.07, 6.45) is 0.594. The summed E-state index contributed by atoms with van der Waals surface area (Å²) in [5, 5.41) is 46.5. The number of aryl methyl sites for hydroxylation is 1. The zero-order chi connectivity index (χ0) is 14.5. The Kier molecular flexibility index (Phi) is 3.04.